The number of benzene rings is 1. The highest BCUT2D eigenvalue weighted by Crippen LogP contribution is 2.40. The van der Waals surface area contributed by atoms with Gasteiger partial charge in [0, 0.05) is 55.1 Å². The number of nitrogens with two attached hydrogens (primary N) is 1. The van der Waals surface area contributed by atoms with Crippen LogP contribution >= 0.6 is 0 Å². The number of imidazole rings is 1. The van der Waals surface area contributed by atoms with Gasteiger partial charge in [-0.2, -0.15) is 5.10 Å². The highest BCUT2D eigenvalue weighted by Gasteiger charge is 2.35. The summed E-state index contributed by atoms with van der Waals surface area (Å²) in [6.07, 6.45) is 7.63. The second-order valence-corrected chi connectivity index (χ2v) is 11.0. The van der Waals surface area contributed by atoms with Crippen LogP contribution < -0.4 is 10.6 Å². The third-order valence-corrected chi connectivity index (χ3v) is 8.25. The Bertz CT molecular complexity index is 1480. The molecule has 4 aromatic rings. The number of aromatic nitrogens is 4. The Labute approximate surface area is 225 Å². The number of rotatable bonds is 5. The lowest BCUT2D eigenvalue weighted by Gasteiger charge is -2.40. The average molecular weight is 535 g/mol. The number of aliphatic hydroxyl groups is 2. The summed E-state index contributed by atoms with van der Waals surface area (Å²) in [5.41, 5.74) is 7.72. The van der Waals surface area contributed by atoms with Crippen LogP contribution in [-0.2, 0) is 12.0 Å². The minimum Gasteiger partial charge on any atom is -0.391 e. The van der Waals surface area contributed by atoms with E-state index < -0.39 is 23.3 Å². The molecule has 204 valence electrons. The van der Waals surface area contributed by atoms with Crippen molar-refractivity contribution in [2.75, 3.05) is 18.0 Å². The van der Waals surface area contributed by atoms with Crippen LogP contribution in [0.25, 0.3) is 16.8 Å². The lowest BCUT2D eigenvalue weighted by atomic mass is 9.90. The number of hydrogen-bond acceptors (Lipinski definition) is 7. The summed E-state index contributed by atoms with van der Waals surface area (Å²) in [5.74, 6) is -0.915. The Morgan fingerprint density at radius 1 is 1.08 bits per heavy atom. The maximum Gasteiger partial charge on any atom is 0.136 e. The van der Waals surface area contributed by atoms with Crippen LogP contribution in [0.4, 0.5) is 14.5 Å². The Morgan fingerprint density at radius 3 is 2.54 bits per heavy atom. The molecular formula is C29H32F2N6O2. The van der Waals surface area contributed by atoms with E-state index in [1.165, 1.54) is 12.1 Å². The standard InChI is InChI=1S/C29H32F2N6O2/c1-17-15-36(16-23(32)28(17)38)25-6-9-33-13-18(25)10-26-34-14-20-4-5-24(35-37(20)26)27-21(30)11-19(12-22(27)31)29(39)7-2-3-8-29/h4-6,9,11-14,17,23,28,38-39H,2-3,7-8,10,15-16,32H2,1H3/t17-,23+,28+/m0/s1. The highest BCUT2D eigenvalue weighted by molar-refractivity contribution is 5.64. The summed E-state index contributed by atoms with van der Waals surface area (Å²) in [4.78, 5) is 11.0. The van der Waals surface area contributed by atoms with Gasteiger partial charge in [0.25, 0.3) is 0 Å². The molecule has 2 aliphatic rings. The monoisotopic (exact) mass is 534 g/mol. The minimum absolute atomic E-state index is 0.0109. The largest absolute Gasteiger partial charge is 0.391 e. The summed E-state index contributed by atoms with van der Waals surface area (Å²) >= 11 is 0. The van der Waals surface area contributed by atoms with E-state index in [-0.39, 0.29) is 28.8 Å². The predicted octanol–water partition coefficient (Wildman–Crippen LogP) is 3.57. The van der Waals surface area contributed by atoms with Crippen molar-refractivity contribution in [2.45, 2.75) is 56.8 Å². The van der Waals surface area contributed by atoms with Gasteiger partial charge in [-0.3, -0.25) is 4.98 Å². The van der Waals surface area contributed by atoms with Crippen LogP contribution in [0.5, 0.6) is 0 Å². The number of nitrogens with zero attached hydrogens (tertiary/aromatic N) is 5. The van der Waals surface area contributed by atoms with Crippen LogP contribution in [-0.4, -0.2) is 55.0 Å². The number of pyridine rings is 1. The molecule has 6 rings (SSSR count). The zero-order valence-corrected chi connectivity index (χ0v) is 21.8. The maximum atomic E-state index is 15.3. The first-order valence-electron chi connectivity index (χ1n) is 13.4. The van der Waals surface area contributed by atoms with E-state index in [4.69, 9.17) is 5.73 Å². The first-order valence-corrected chi connectivity index (χ1v) is 13.4. The van der Waals surface area contributed by atoms with Crippen LogP contribution in [0.1, 0.15) is 49.6 Å². The molecule has 1 saturated heterocycles. The summed E-state index contributed by atoms with van der Waals surface area (Å²) < 4.78 is 32.2. The van der Waals surface area contributed by atoms with Crippen LogP contribution in [0.3, 0.4) is 0 Å². The van der Waals surface area contributed by atoms with Gasteiger partial charge >= 0.3 is 0 Å². The molecule has 10 heteroatoms. The molecule has 0 bridgehead atoms. The van der Waals surface area contributed by atoms with Crippen LogP contribution in [0, 0.1) is 17.6 Å². The third kappa shape index (κ3) is 4.66. The lowest BCUT2D eigenvalue weighted by Crippen LogP contribution is -2.55. The number of fused-ring (bicyclic) bond motifs is 1. The van der Waals surface area contributed by atoms with E-state index in [2.05, 4.69) is 20.0 Å². The van der Waals surface area contributed by atoms with Crippen molar-refractivity contribution < 1.29 is 19.0 Å². The fourth-order valence-electron chi connectivity index (χ4n) is 6.07. The van der Waals surface area contributed by atoms with Crippen molar-refractivity contribution in [3.05, 3.63) is 77.5 Å². The topological polar surface area (TPSA) is 113 Å². The molecule has 39 heavy (non-hydrogen) atoms. The number of piperidine rings is 1. The molecule has 4 N–H and O–H groups in total. The molecule has 3 aromatic heterocycles. The van der Waals surface area contributed by atoms with E-state index >= 15 is 8.78 Å². The number of anilines is 1. The van der Waals surface area contributed by atoms with Gasteiger partial charge in [0.1, 0.15) is 17.5 Å². The smallest absolute Gasteiger partial charge is 0.136 e. The van der Waals surface area contributed by atoms with E-state index in [9.17, 15) is 10.2 Å². The SMILES string of the molecule is C[C@H]1CN(c2ccncc2Cc2ncc3ccc(-c4c(F)cc(C5(O)CCCC5)cc4F)nn23)C[C@@H](N)[C@@H]1O. The second-order valence-electron chi connectivity index (χ2n) is 11.0. The van der Waals surface area contributed by atoms with E-state index in [1.807, 2.05) is 13.0 Å². The van der Waals surface area contributed by atoms with Crippen molar-refractivity contribution in [1.29, 1.82) is 0 Å². The van der Waals surface area contributed by atoms with Gasteiger partial charge in [0.2, 0.25) is 0 Å². The molecule has 0 spiro atoms. The maximum absolute atomic E-state index is 15.3. The summed E-state index contributed by atoms with van der Waals surface area (Å²) in [5, 5.41) is 25.7. The molecule has 1 aromatic carbocycles. The zero-order valence-electron chi connectivity index (χ0n) is 21.8. The van der Waals surface area contributed by atoms with Crippen molar-refractivity contribution in [3.63, 3.8) is 0 Å². The Kier molecular flexibility index (Phi) is 6.57. The van der Waals surface area contributed by atoms with Gasteiger partial charge < -0.3 is 20.8 Å². The van der Waals surface area contributed by atoms with Crippen molar-refractivity contribution in [1.82, 2.24) is 19.6 Å². The molecule has 3 atom stereocenters. The molecular weight excluding hydrogens is 502 g/mol. The second kappa shape index (κ2) is 9.93. The first-order chi connectivity index (χ1) is 18.7. The average Bonchev–Trinajstić information content (AvgIpc) is 3.54. The van der Waals surface area contributed by atoms with Crippen molar-refractivity contribution in [2.24, 2.45) is 11.7 Å². The molecule has 8 nitrogen and oxygen atoms in total. The molecule has 2 fully saturated rings. The van der Waals surface area contributed by atoms with Gasteiger partial charge in [-0.1, -0.05) is 19.8 Å². The molecule has 0 radical (unpaired) electrons. The Morgan fingerprint density at radius 2 is 1.82 bits per heavy atom. The lowest BCUT2D eigenvalue weighted by molar-refractivity contribution is 0.0438. The van der Waals surface area contributed by atoms with E-state index in [0.29, 0.717) is 43.7 Å². The van der Waals surface area contributed by atoms with E-state index in [1.54, 1.807) is 35.2 Å². The Hall–Kier alpha value is -3.47. The zero-order chi connectivity index (χ0) is 27.3. The van der Waals surface area contributed by atoms with E-state index in [0.717, 1.165) is 24.1 Å². The number of aliphatic hydroxyl groups excluding tert-OH is 1. The quantitative estimate of drug-likeness (QED) is 0.359. The fraction of sp³-hybridized carbons (Fsp3) is 0.414. The van der Waals surface area contributed by atoms with Crippen molar-refractivity contribution >= 4 is 11.2 Å². The predicted molar refractivity (Wildman–Crippen MR) is 143 cm³/mol. The van der Waals surface area contributed by atoms with Gasteiger partial charge in [0.15, 0.2) is 0 Å². The molecule has 1 saturated carbocycles. The molecule has 4 heterocycles. The first kappa shape index (κ1) is 25.8. The molecule has 0 amide bonds. The summed E-state index contributed by atoms with van der Waals surface area (Å²) in [6.45, 7) is 3.14. The number of hydrogen-bond donors (Lipinski definition) is 3. The minimum atomic E-state index is -1.19. The summed E-state index contributed by atoms with van der Waals surface area (Å²) in [7, 11) is 0. The molecule has 0 unspecified atom stereocenters. The Balaban J connectivity index is 1.33. The van der Waals surface area contributed by atoms with Crippen LogP contribution in [0.2, 0.25) is 0 Å². The summed E-state index contributed by atoms with van der Waals surface area (Å²) in [6, 6.07) is 7.32. The highest BCUT2D eigenvalue weighted by atomic mass is 19.1. The molecule has 1 aliphatic carbocycles. The van der Waals surface area contributed by atoms with Gasteiger partial charge in [-0.15, -0.1) is 0 Å². The third-order valence-electron chi connectivity index (χ3n) is 8.25. The fourth-order valence-corrected chi connectivity index (χ4v) is 6.07. The van der Waals surface area contributed by atoms with Crippen molar-refractivity contribution in [3.8, 4) is 11.3 Å². The van der Waals surface area contributed by atoms with Gasteiger partial charge in [0.05, 0.1) is 34.7 Å². The van der Waals surface area contributed by atoms with Gasteiger partial charge in [-0.05, 0) is 48.7 Å². The number of halogens is 2. The van der Waals surface area contributed by atoms with Gasteiger partial charge in [-0.25, -0.2) is 18.3 Å². The van der Waals surface area contributed by atoms with Crippen LogP contribution in [0.15, 0.2) is 48.9 Å². The molecule has 1 aliphatic heterocycles. The normalized spacial score (nSPS) is 23.0.